The molecule has 2 aromatic heterocycles. The molecule has 1 aromatic carbocycles. The Bertz CT molecular complexity index is 824. The first-order chi connectivity index (χ1) is 10.7. The highest BCUT2D eigenvalue weighted by Gasteiger charge is 2.32. The van der Waals surface area contributed by atoms with Gasteiger partial charge in [0.05, 0.1) is 6.04 Å². The number of carbonyl (C=O) groups is 1. The van der Waals surface area contributed by atoms with Crippen LogP contribution in [0.15, 0.2) is 46.2 Å². The molecule has 1 saturated heterocycles. The third-order valence-electron chi connectivity index (χ3n) is 4.07. The molecule has 112 valence electrons. The second kappa shape index (κ2) is 5.45. The molecule has 1 aliphatic rings. The molecule has 22 heavy (non-hydrogen) atoms. The molecule has 1 amide bonds. The second-order valence-corrected chi connectivity index (χ2v) is 6.88. The summed E-state index contributed by atoms with van der Waals surface area (Å²) in [7, 11) is 0. The minimum absolute atomic E-state index is 0.0387. The summed E-state index contributed by atoms with van der Waals surface area (Å²) < 4.78 is 5.72. The highest BCUT2D eigenvalue weighted by molar-refractivity contribution is 7.10. The van der Waals surface area contributed by atoms with E-state index < -0.39 is 0 Å². The summed E-state index contributed by atoms with van der Waals surface area (Å²) in [5, 5.41) is 3.56. The maximum atomic E-state index is 12.8. The van der Waals surface area contributed by atoms with Crippen molar-refractivity contribution in [2.45, 2.75) is 18.9 Å². The van der Waals surface area contributed by atoms with E-state index >= 15 is 0 Å². The van der Waals surface area contributed by atoms with Crippen molar-refractivity contribution in [1.82, 2.24) is 4.90 Å². The predicted molar refractivity (Wildman–Crippen MR) is 88.6 cm³/mol. The quantitative estimate of drug-likeness (QED) is 0.652. The zero-order chi connectivity index (χ0) is 15.1. The largest absolute Gasteiger partial charge is 0.451 e. The number of halogens is 1. The molecule has 3 heterocycles. The van der Waals surface area contributed by atoms with Gasteiger partial charge in [-0.2, -0.15) is 0 Å². The number of fused-ring (bicyclic) bond motifs is 1. The molecule has 5 heteroatoms. The molecular formula is C17H14ClNO2S. The summed E-state index contributed by atoms with van der Waals surface area (Å²) >= 11 is 7.69. The lowest BCUT2D eigenvalue weighted by molar-refractivity contribution is 0.0708. The second-order valence-electron chi connectivity index (χ2n) is 5.46. The van der Waals surface area contributed by atoms with E-state index in [-0.39, 0.29) is 11.9 Å². The number of furan rings is 1. The normalized spacial score (nSPS) is 18.2. The third kappa shape index (κ3) is 2.32. The Balaban J connectivity index is 1.67. The number of likely N-dealkylation sites (tertiary alicyclic amines) is 1. The van der Waals surface area contributed by atoms with E-state index in [0.29, 0.717) is 16.4 Å². The first-order valence-corrected chi connectivity index (χ1v) is 8.51. The molecule has 3 aromatic rings. The van der Waals surface area contributed by atoms with E-state index in [1.807, 2.05) is 17.0 Å². The Kier molecular flexibility index (Phi) is 3.43. The monoisotopic (exact) mass is 331 g/mol. The maximum absolute atomic E-state index is 12.8. The van der Waals surface area contributed by atoms with Crippen molar-refractivity contribution in [2.24, 2.45) is 0 Å². The van der Waals surface area contributed by atoms with E-state index in [9.17, 15) is 4.79 Å². The van der Waals surface area contributed by atoms with E-state index in [0.717, 1.165) is 24.8 Å². The number of amides is 1. The molecule has 0 radical (unpaired) electrons. The van der Waals surface area contributed by atoms with Crippen LogP contribution in [0.2, 0.25) is 5.02 Å². The smallest absolute Gasteiger partial charge is 0.290 e. The molecular weight excluding hydrogens is 318 g/mol. The van der Waals surface area contributed by atoms with Gasteiger partial charge in [0.2, 0.25) is 0 Å². The van der Waals surface area contributed by atoms with Crippen molar-refractivity contribution in [3.05, 3.63) is 57.4 Å². The summed E-state index contributed by atoms with van der Waals surface area (Å²) in [6.07, 6.45) is 2.04. The van der Waals surface area contributed by atoms with Gasteiger partial charge >= 0.3 is 0 Å². The summed E-state index contributed by atoms with van der Waals surface area (Å²) in [5.41, 5.74) is 0.694. The highest BCUT2D eigenvalue weighted by Crippen LogP contribution is 2.36. The van der Waals surface area contributed by atoms with Crippen LogP contribution in [0.5, 0.6) is 0 Å². The van der Waals surface area contributed by atoms with Crippen LogP contribution < -0.4 is 0 Å². The van der Waals surface area contributed by atoms with Gasteiger partial charge in [-0.25, -0.2) is 0 Å². The number of hydrogen-bond donors (Lipinski definition) is 0. The average Bonchev–Trinajstić information content (AvgIpc) is 3.24. The molecule has 1 aliphatic heterocycles. The zero-order valence-electron chi connectivity index (χ0n) is 11.8. The lowest BCUT2D eigenvalue weighted by Crippen LogP contribution is -2.29. The highest BCUT2D eigenvalue weighted by atomic mass is 35.5. The number of hydrogen-bond acceptors (Lipinski definition) is 3. The van der Waals surface area contributed by atoms with Crippen LogP contribution in [-0.2, 0) is 0 Å². The number of nitrogens with zero attached hydrogens (tertiary/aromatic N) is 1. The Hall–Kier alpha value is -1.78. The fourth-order valence-electron chi connectivity index (χ4n) is 3.05. The van der Waals surface area contributed by atoms with Gasteiger partial charge in [-0.15, -0.1) is 11.3 Å². The Morgan fingerprint density at radius 3 is 3.05 bits per heavy atom. The summed E-state index contributed by atoms with van der Waals surface area (Å²) in [6.45, 7) is 0.777. The van der Waals surface area contributed by atoms with Gasteiger partial charge in [0, 0.05) is 21.8 Å². The number of thiophene rings is 1. The van der Waals surface area contributed by atoms with Gasteiger partial charge in [-0.3, -0.25) is 4.79 Å². The lowest BCUT2D eigenvalue weighted by Gasteiger charge is -2.22. The van der Waals surface area contributed by atoms with E-state index in [1.54, 1.807) is 29.5 Å². The van der Waals surface area contributed by atoms with Crippen LogP contribution in [0.4, 0.5) is 0 Å². The summed E-state index contributed by atoms with van der Waals surface area (Å²) in [5.74, 6) is 0.351. The van der Waals surface area contributed by atoms with E-state index in [1.165, 1.54) is 4.88 Å². The van der Waals surface area contributed by atoms with E-state index in [4.69, 9.17) is 16.0 Å². The van der Waals surface area contributed by atoms with Crippen molar-refractivity contribution in [3.8, 4) is 0 Å². The van der Waals surface area contributed by atoms with Crippen molar-refractivity contribution >= 4 is 39.8 Å². The van der Waals surface area contributed by atoms with Crippen LogP contribution in [0, 0.1) is 0 Å². The van der Waals surface area contributed by atoms with Crippen LogP contribution >= 0.6 is 22.9 Å². The molecule has 3 nitrogen and oxygen atoms in total. The summed E-state index contributed by atoms with van der Waals surface area (Å²) in [6, 6.07) is 11.5. The molecule has 1 unspecified atom stereocenters. The third-order valence-corrected chi connectivity index (χ3v) is 5.28. The Morgan fingerprint density at radius 2 is 2.23 bits per heavy atom. The fraction of sp³-hybridized carbons (Fsp3) is 0.235. The number of carbonyl (C=O) groups excluding carboxylic acids is 1. The number of rotatable bonds is 2. The van der Waals surface area contributed by atoms with Crippen molar-refractivity contribution in [1.29, 1.82) is 0 Å². The minimum atomic E-state index is -0.0387. The SMILES string of the molecule is O=C(c1cc2cc(Cl)ccc2o1)N1CCCC1c1cccs1. The molecule has 1 atom stereocenters. The van der Waals surface area contributed by atoms with Crippen molar-refractivity contribution < 1.29 is 9.21 Å². The molecule has 0 spiro atoms. The Morgan fingerprint density at radius 1 is 1.32 bits per heavy atom. The molecule has 0 saturated carbocycles. The fourth-order valence-corrected chi connectivity index (χ4v) is 4.10. The lowest BCUT2D eigenvalue weighted by atomic mass is 10.2. The molecule has 1 fully saturated rings. The van der Waals surface area contributed by atoms with E-state index in [2.05, 4.69) is 11.4 Å². The molecule has 0 aliphatic carbocycles. The van der Waals surface area contributed by atoms with Crippen LogP contribution in [0.25, 0.3) is 11.0 Å². The van der Waals surface area contributed by atoms with Gasteiger partial charge in [0.1, 0.15) is 5.58 Å². The topological polar surface area (TPSA) is 33.5 Å². The van der Waals surface area contributed by atoms with Gasteiger partial charge in [0.15, 0.2) is 5.76 Å². The predicted octanol–water partition coefficient (Wildman–Crippen LogP) is 5.13. The van der Waals surface area contributed by atoms with Crippen LogP contribution in [0.1, 0.15) is 34.3 Å². The van der Waals surface area contributed by atoms with Gasteiger partial charge in [0.25, 0.3) is 5.91 Å². The minimum Gasteiger partial charge on any atom is -0.451 e. The van der Waals surface area contributed by atoms with Crippen molar-refractivity contribution in [3.63, 3.8) is 0 Å². The zero-order valence-corrected chi connectivity index (χ0v) is 13.4. The first kappa shape index (κ1) is 13.9. The van der Waals surface area contributed by atoms with Gasteiger partial charge in [-0.1, -0.05) is 17.7 Å². The van der Waals surface area contributed by atoms with Crippen LogP contribution in [0.3, 0.4) is 0 Å². The van der Waals surface area contributed by atoms with Crippen molar-refractivity contribution in [2.75, 3.05) is 6.54 Å². The summed E-state index contributed by atoms with van der Waals surface area (Å²) in [4.78, 5) is 16.0. The average molecular weight is 332 g/mol. The van der Waals surface area contributed by atoms with Gasteiger partial charge < -0.3 is 9.32 Å². The van der Waals surface area contributed by atoms with Crippen LogP contribution in [-0.4, -0.2) is 17.4 Å². The molecule has 0 N–H and O–H groups in total. The standard InChI is InChI=1S/C17H14ClNO2S/c18-12-5-6-14-11(9-12)10-15(21-14)17(20)19-7-1-3-13(19)16-4-2-8-22-16/h2,4-6,8-10,13H,1,3,7H2. The first-order valence-electron chi connectivity index (χ1n) is 7.26. The molecule has 0 bridgehead atoms. The number of benzene rings is 1. The Labute approximate surface area is 137 Å². The maximum Gasteiger partial charge on any atom is 0.290 e. The molecule has 4 rings (SSSR count). The van der Waals surface area contributed by atoms with Gasteiger partial charge in [-0.05, 0) is 48.6 Å².